The van der Waals surface area contributed by atoms with Gasteiger partial charge >= 0.3 is 0 Å². The van der Waals surface area contributed by atoms with E-state index in [1.807, 2.05) is 0 Å². The third kappa shape index (κ3) is 13.4. The molecular weight excluding hydrogens is 727 g/mol. The largest absolute Gasteiger partial charge is 0.507 e. The standard InChI is InChI=1S/3C15H24O.La/c3*1-10-8-11(14(2,3)4)13(16)12(9-10)15(5,6)7;/h3*8-9,16H,1-7H3;. The first-order valence-electron chi connectivity index (χ1n) is 17.6. The van der Waals surface area contributed by atoms with Crippen molar-refractivity contribution in [1.29, 1.82) is 0 Å². The first-order chi connectivity index (χ1) is 21.1. The van der Waals surface area contributed by atoms with Crippen LogP contribution in [-0.2, 0) is 32.5 Å². The van der Waals surface area contributed by atoms with Crippen LogP contribution in [-0.4, -0.2) is 15.3 Å². The Kier molecular flexibility index (Phi) is 15.7. The van der Waals surface area contributed by atoms with Gasteiger partial charge in [0.1, 0.15) is 17.2 Å². The molecule has 0 saturated carbocycles. The summed E-state index contributed by atoms with van der Waals surface area (Å²) in [5, 5.41) is 31.2. The van der Waals surface area contributed by atoms with E-state index in [9.17, 15) is 15.3 Å². The molecule has 0 aliphatic carbocycles. The Hall–Kier alpha value is -1.75. The minimum atomic E-state index is -0.0178. The van der Waals surface area contributed by atoms with Crippen molar-refractivity contribution in [1.82, 2.24) is 0 Å². The smallest absolute Gasteiger partial charge is 0.123 e. The van der Waals surface area contributed by atoms with Crippen molar-refractivity contribution in [2.75, 3.05) is 0 Å². The number of rotatable bonds is 0. The summed E-state index contributed by atoms with van der Waals surface area (Å²) in [6, 6.07) is 12.5. The van der Waals surface area contributed by atoms with Crippen molar-refractivity contribution in [2.24, 2.45) is 0 Å². The summed E-state index contributed by atoms with van der Waals surface area (Å²) in [6.07, 6.45) is 0. The molecule has 49 heavy (non-hydrogen) atoms. The topological polar surface area (TPSA) is 60.7 Å². The van der Waals surface area contributed by atoms with Crippen molar-refractivity contribution in [3.05, 3.63) is 86.5 Å². The van der Waals surface area contributed by atoms with E-state index < -0.39 is 0 Å². The summed E-state index contributed by atoms with van der Waals surface area (Å²) in [5.41, 5.74) is 9.78. The molecule has 3 nitrogen and oxygen atoms in total. The van der Waals surface area contributed by atoms with Gasteiger partial charge in [0.15, 0.2) is 0 Å². The first kappa shape index (κ1) is 47.3. The number of phenolic OH excluding ortho intramolecular Hbond substituents is 3. The molecular formula is C45H72LaO3. The molecule has 0 aliphatic rings. The van der Waals surface area contributed by atoms with E-state index in [1.165, 1.54) is 16.7 Å². The second kappa shape index (κ2) is 16.3. The van der Waals surface area contributed by atoms with Gasteiger partial charge < -0.3 is 15.3 Å². The van der Waals surface area contributed by atoms with Crippen LogP contribution in [0.4, 0.5) is 0 Å². The number of hydrogen-bond donors (Lipinski definition) is 3. The van der Waals surface area contributed by atoms with Crippen molar-refractivity contribution in [2.45, 2.75) is 178 Å². The van der Waals surface area contributed by atoms with E-state index in [0.29, 0.717) is 17.2 Å². The van der Waals surface area contributed by atoms with Crippen LogP contribution in [0.25, 0.3) is 0 Å². The van der Waals surface area contributed by atoms with E-state index in [2.05, 4.69) is 182 Å². The number of hydrogen-bond acceptors (Lipinski definition) is 3. The molecule has 0 heterocycles. The van der Waals surface area contributed by atoms with Crippen LogP contribution in [0.2, 0.25) is 0 Å². The quantitative estimate of drug-likeness (QED) is 0.212. The molecule has 0 fully saturated rings. The van der Waals surface area contributed by atoms with Crippen LogP contribution in [0, 0.1) is 56.4 Å². The normalized spacial score (nSPS) is 12.7. The van der Waals surface area contributed by atoms with Crippen LogP contribution >= 0.6 is 0 Å². The summed E-state index contributed by atoms with van der Waals surface area (Å²) in [6.45, 7) is 44.7. The van der Waals surface area contributed by atoms with E-state index in [1.54, 1.807) is 0 Å². The van der Waals surface area contributed by atoms with Gasteiger partial charge in [-0.3, -0.25) is 0 Å². The molecule has 273 valence electrons. The minimum absolute atomic E-state index is 0. The summed E-state index contributed by atoms with van der Waals surface area (Å²) in [5.74, 6) is 1.39. The predicted octanol–water partition coefficient (Wildman–Crippen LogP) is 12.9. The van der Waals surface area contributed by atoms with Crippen LogP contribution < -0.4 is 0 Å². The van der Waals surface area contributed by atoms with Crippen molar-refractivity contribution in [3.8, 4) is 17.2 Å². The van der Waals surface area contributed by atoms with Crippen molar-refractivity contribution >= 4 is 0 Å². The van der Waals surface area contributed by atoms with Crippen LogP contribution in [0.1, 0.15) is 175 Å². The molecule has 0 aromatic heterocycles. The minimum Gasteiger partial charge on any atom is -0.507 e. The van der Waals surface area contributed by atoms with Gasteiger partial charge in [-0.15, -0.1) is 0 Å². The molecule has 0 aliphatic heterocycles. The molecule has 3 rings (SSSR count). The molecule has 0 spiro atoms. The van der Waals surface area contributed by atoms with Crippen LogP contribution in [0.5, 0.6) is 17.2 Å². The van der Waals surface area contributed by atoms with Gasteiger partial charge in [-0.1, -0.05) is 178 Å². The van der Waals surface area contributed by atoms with E-state index in [0.717, 1.165) is 33.4 Å². The maximum absolute atomic E-state index is 10.4. The molecule has 1 radical (unpaired) electrons. The van der Waals surface area contributed by atoms with Gasteiger partial charge in [0, 0.05) is 35.6 Å². The van der Waals surface area contributed by atoms with Crippen molar-refractivity contribution < 1.29 is 50.9 Å². The van der Waals surface area contributed by atoms with Crippen molar-refractivity contribution in [3.63, 3.8) is 0 Å². The third-order valence-electron chi connectivity index (χ3n) is 8.61. The summed E-state index contributed by atoms with van der Waals surface area (Å²) in [4.78, 5) is 0. The van der Waals surface area contributed by atoms with Gasteiger partial charge in [-0.2, -0.15) is 0 Å². The summed E-state index contributed by atoms with van der Waals surface area (Å²) in [7, 11) is 0. The van der Waals surface area contributed by atoms with Gasteiger partial charge in [0.25, 0.3) is 0 Å². The predicted molar refractivity (Wildman–Crippen MR) is 211 cm³/mol. The fraction of sp³-hybridized carbons (Fsp3) is 0.600. The second-order valence-electron chi connectivity index (χ2n) is 20.1. The monoisotopic (exact) mass is 799 g/mol. The molecule has 0 amide bonds. The van der Waals surface area contributed by atoms with E-state index in [4.69, 9.17) is 0 Å². The van der Waals surface area contributed by atoms with E-state index >= 15 is 0 Å². The fourth-order valence-electron chi connectivity index (χ4n) is 5.77. The average Bonchev–Trinajstić information content (AvgIpc) is 2.84. The Bertz CT molecular complexity index is 1260. The van der Waals surface area contributed by atoms with Gasteiger partial charge in [-0.25, -0.2) is 0 Å². The van der Waals surface area contributed by atoms with Gasteiger partial charge in [0.2, 0.25) is 0 Å². The molecule has 3 N–H and O–H groups in total. The Morgan fingerprint density at radius 2 is 0.388 bits per heavy atom. The fourth-order valence-corrected chi connectivity index (χ4v) is 5.77. The van der Waals surface area contributed by atoms with Gasteiger partial charge in [-0.05, 0) is 86.6 Å². The zero-order chi connectivity index (χ0) is 38.2. The number of benzene rings is 3. The SMILES string of the molecule is Cc1cc(C(C)(C)C)c(O)c(C(C)(C)C)c1.Cc1cc(C(C)(C)C)c(O)c(C(C)(C)C)c1.Cc1cc(C(C)(C)C)c(O)c(C(C)(C)C)c1.[La]. The maximum atomic E-state index is 10.4. The third-order valence-corrected chi connectivity index (χ3v) is 8.61. The second-order valence-corrected chi connectivity index (χ2v) is 20.1. The van der Waals surface area contributed by atoms with Gasteiger partial charge in [0.05, 0.1) is 0 Å². The summed E-state index contributed by atoms with van der Waals surface area (Å²) < 4.78 is 0. The molecule has 3 aromatic carbocycles. The Labute approximate surface area is 330 Å². The molecule has 3 aromatic rings. The number of phenols is 3. The first-order valence-corrected chi connectivity index (χ1v) is 17.6. The molecule has 4 heteroatoms. The Morgan fingerprint density at radius 1 is 0.286 bits per heavy atom. The van der Waals surface area contributed by atoms with Crippen LogP contribution in [0.15, 0.2) is 36.4 Å². The maximum Gasteiger partial charge on any atom is 0.123 e. The molecule has 0 saturated heterocycles. The average molecular weight is 800 g/mol. The van der Waals surface area contributed by atoms with Crippen LogP contribution in [0.3, 0.4) is 0 Å². The van der Waals surface area contributed by atoms with E-state index in [-0.39, 0.29) is 68.1 Å². The summed E-state index contributed by atoms with van der Waals surface area (Å²) >= 11 is 0. The molecule has 0 atom stereocenters. The zero-order valence-electron chi connectivity index (χ0n) is 35.4. The Morgan fingerprint density at radius 3 is 0.469 bits per heavy atom. The molecule has 0 unspecified atom stereocenters. The Balaban J connectivity index is 0.000000698. The number of aryl methyl sites for hydroxylation is 3. The molecule has 0 bridgehead atoms. The number of aromatic hydroxyl groups is 3. The zero-order valence-corrected chi connectivity index (χ0v) is 39.0.